The largest absolute Gasteiger partial charge is 0.488 e. The van der Waals surface area contributed by atoms with E-state index in [1.807, 2.05) is 19.1 Å². The second-order valence-electron chi connectivity index (χ2n) is 6.08. The number of carbonyl (C=O) groups excluding carboxylic acids is 2. The standard InChI is InChI=1S/C18H20N4O4S/c1-10-20-6-13(27-10)9-26-12-4-3-11-7-22(2)16(14(11)5-12)18(25)21-15(8-23)17(19)24/h3-7,15,23H,8-9H2,1-2H3,(H2,19,24)(H,21,25)/t15-/m0/s1. The molecule has 3 rings (SSSR count). The van der Waals surface area contributed by atoms with Crippen LogP contribution in [-0.2, 0) is 18.4 Å². The lowest BCUT2D eigenvalue weighted by Gasteiger charge is -2.13. The summed E-state index contributed by atoms with van der Waals surface area (Å²) in [5.74, 6) is -0.684. The number of rotatable bonds is 7. The van der Waals surface area contributed by atoms with Gasteiger partial charge < -0.3 is 25.5 Å². The van der Waals surface area contributed by atoms with Crippen LogP contribution < -0.4 is 15.8 Å². The first-order valence-electron chi connectivity index (χ1n) is 8.23. The highest BCUT2D eigenvalue weighted by Gasteiger charge is 2.22. The van der Waals surface area contributed by atoms with E-state index in [1.165, 1.54) is 0 Å². The summed E-state index contributed by atoms with van der Waals surface area (Å²) in [4.78, 5) is 29.1. The Morgan fingerprint density at radius 1 is 1.44 bits per heavy atom. The number of hydrogen-bond acceptors (Lipinski definition) is 6. The summed E-state index contributed by atoms with van der Waals surface area (Å²) >= 11 is 1.56. The van der Waals surface area contributed by atoms with Crippen molar-refractivity contribution in [1.82, 2.24) is 14.9 Å². The molecular weight excluding hydrogens is 368 g/mol. The van der Waals surface area contributed by atoms with Gasteiger partial charge in [0.15, 0.2) is 0 Å². The summed E-state index contributed by atoms with van der Waals surface area (Å²) < 4.78 is 7.47. The smallest absolute Gasteiger partial charge is 0.269 e. The molecule has 1 aromatic carbocycles. The Kier molecular flexibility index (Phi) is 5.43. The van der Waals surface area contributed by atoms with Gasteiger partial charge >= 0.3 is 0 Å². The number of nitrogens with one attached hydrogen (secondary N) is 1. The molecule has 8 nitrogen and oxygen atoms in total. The molecular formula is C18H20N4O4S. The fourth-order valence-electron chi connectivity index (χ4n) is 2.75. The molecule has 0 fully saturated rings. The van der Waals surface area contributed by atoms with Crippen LogP contribution >= 0.6 is 11.3 Å². The normalized spacial score (nSPS) is 12.1. The lowest BCUT2D eigenvalue weighted by atomic mass is 10.1. The molecule has 0 saturated heterocycles. The van der Waals surface area contributed by atoms with Crippen molar-refractivity contribution in [3.8, 4) is 5.75 Å². The number of aliphatic hydroxyl groups excluding tert-OH is 1. The van der Waals surface area contributed by atoms with Gasteiger partial charge in [-0.1, -0.05) is 0 Å². The van der Waals surface area contributed by atoms with Crippen LogP contribution in [0.15, 0.2) is 30.6 Å². The van der Waals surface area contributed by atoms with Crippen molar-refractivity contribution >= 4 is 33.9 Å². The van der Waals surface area contributed by atoms with Crippen molar-refractivity contribution < 1.29 is 19.4 Å². The third-order valence-corrected chi connectivity index (χ3v) is 4.95. The Bertz CT molecular complexity index is 995. The summed E-state index contributed by atoms with van der Waals surface area (Å²) in [7, 11) is 1.73. The number of aromatic nitrogens is 2. The monoisotopic (exact) mass is 388 g/mol. The Labute approximate surface area is 159 Å². The molecule has 2 aromatic heterocycles. The number of aliphatic hydroxyl groups is 1. The van der Waals surface area contributed by atoms with Gasteiger partial charge in [0.05, 0.1) is 16.5 Å². The van der Waals surface area contributed by atoms with E-state index >= 15 is 0 Å². The van der Waals surface area contributed by atoms with E-state index in [0.29, 0.717) is 23.4 Å². The van der Waals surface area contributed by atoms with Gasteiger partial charge in [0.1, 0.15) is 24.1 Å². The van der Waals surface area contributed by atoms with Gasteiger partial charge in [0.25, 0.3) is 5.91 Å². The van der Waals surface area contributed by atoms with Crippen molar-refractivity contribution in [1.29, 1.82) is 0 Å². The molecule has 142 valence electrons. The van der Waals surface area contributed by atoms with Crippen LogP contribution in [-0.4, -0.2) is 39.1 Å². The number of carbonyl (C=O) groups is 2. The maximum Gasteiger partial charge on any atom is 0.269 e. The molecule has 0 saturated carbocycles. The molecule has 0 bridgehead atoms. The Balaban J connectivity index is 1.85. The van der Waals surface area contributed by atoms with Crippen molar-refractivity contribution in [2.45, 2.75) is 19.6 Å². The van der Waals surface area contributed by atoms with E-state index in [0.717, 1.165) is 15.3 Å². The van der Waals surface area contributed by atoms with Crippen LogP contribution in [0.5, 0.6) is 5.75 Å². The second kappa shape index (κ2) is 7.77. The summed E-state index contributed by atoms with van der Waals surface area (Å²) in [5, 5.41) is 14.1. The Morgan fingerprint density at radius 3 is 2.85 bits per heavy atom. The number of thiazole rings is 1. The highest BCUT2D eigenvalue weighted by molar-refractivity contribution is 7.11. The molecule has 3 aromatic rings. The van der Waals surface area contributed by atoms with Gasteiger partial charge in [-0.15, -0.1) is 11.3 Å². The van der Waals surface area contributed by atoms with Gasteiger partial charge in [-0.3, -0.25) is 9.59 Å². The van der Waals surface area contributed by atoms with Gasteiger partial charge in [0.2, 0.25) is 5.91 Å². The van der Waals surface area contributed by atoms with E-state index in [9.17, 15) is 14.7 Å². The molecule has 9 heteroatoms. The maximum atomic E-state index is 12.6. The summed E-state index contributed by atoms with van der Waals surface area (Å²) in [6, 6.07) is 4.32. The number of ether oxygens (including phenoxy) is 1. The minimum Gasteiger partial charge on any atom is -0.488 e. The molecule has 0 aliphatic rings. The summed E-state index contributed by atoms with van der Waals surface area (Å²) in [5.41, 5.74) is 5.53. The first-order chi connectivity index (χ1) is 12.9. The van der Waals surface area contributed by atoms with Gasteiger partial charge in [0, 0.05) is 30.2 Å². The number of nitrogens with two attached hydrogens (primary N) is 1. The molecule has 4 N–H and O–H groups in total. The summed E-state index contributed by atoms with van der Waals surface area (Å²) in [6.45, 7) is 1.76. The second-order valence-corrected chi connectivity index (χ2v) is 7.40. The average molecular weight is 388 g/mol. The Morgan fingerprint density at radius 2 is 2.22 bits per heavy atom. The summed E-state index contributed by atoms with van der Waals surface area (Å²) in [6.07, 6.45) is 3.58. The highest BCUT2D eigenvalue weighted by atomic mass is 32.1. The van der Waals surface area contributed by atoms with Gasteiger partial charge in [-0.2, -0.15) is 0 Å². The van der Waals surface area contributed by atoms with E-state index in [-0.39, 0.29) is 0 Å². The third-order valence-electron chi connectivity index (χ3n) is 4.06. The number of amides is 2. The van der Waals surface area contributed by atoms with Crippen LogP contribution in [0.2, 0.25) is 0 Å². The number of aryl methyl sites for hydroxylation is 2. The van der Waals surface area contributed by atoms with E-state index in [2.05, 4.69) is 10.3 Å². The zero-order chi connectivity index (χ0) is 19.6. The third kappa shape index (κ3) is 4.09. The van der Waals surface area contributed by atoms with Crippen molar-refractivity contribution in [2.75, 3.05) is 6.61 Å². The number of hydrogen-bond donors (Lipinski definition) is 3. The highest BCUT2D eigenvalue weighted by Crippen LogP contribution is 2.26. The van der Waals surface area contributed by atoms with E-state index in [1.54, 1.807) is 41.4 Å². The number of nitrogens with zero attached hydrogens (tertiary/aromatic N) is 2. The van der Waals surface area contributed by atoms with Gasteiger partial charge in [-0.25, -0.2) is 4.98 Å². The number of benzene rings is 1. The van der Waals surface area contributed by atoms with Crippen LogP contribution in [0.4, 0.5) is 0 Å². The molecule has 0 aliphatic heterocycles. The predicted octanol–water partition coefficient (Wildman–Crippen LogP) is 1.10. The lowest BCUT2D eigenvalue weighted by molar-refractivity contribution is -0.120. The van der Waals surface area contributed by atoms with Crippen LogP contribution in [0, 0.1) is 6.92 Å². The zero-order valence-electron chi connectivity index (χ0n) is 14.9. The van der Waals surface area contributed by atoms with Crippen LogP contribution in [0.3, 0.4) is 0 Å². The zero-order valence-corrected chi connectivity index (χ0v) is 15.7. The van der Waals surface area contributed by atoms with Crippen molar-refractivity contribution in [2.24, 2.45) is 12.8 Å². The topological polar surface area (TPSA) is 119 Å². The molecule has 0 radical (unpaired) electrons. The number of fused-ring (bicyclic) bond motifs is 1. The van der Waals surface area contributed by atoms with E-state index < -0.39 is 24.5 Å². The molecule has 1 atom stereocenters. The fourth-order valence-corrected chi connectivity index (χ4v) is 3.46. The van der Waals surface area contributed by atoms with Crippen molar-refractivity contribution in [3.05, 3.63) is 46.2 Å². The quantitative estimate of drug-likeness (QED) is 0.560. The van der Waals surface area contributed by atoms with Crippen LogP contribution in [0.25, 0.3) is 10.8 Å². The molecule has 2 amide bonds. The fraction of sp³-hybridized carbons (Fsp3) is 0.278. The minimum absolute atomic E-state index is 0.351. The molecule has 27 heavy (non-hydrogen) atoms. The lowest BCUT2D eigenvalue weighted by Crippen LogP contribution is -2.47. The Hall–Kier alpha value is -2.91. The van der Waals surface area contributed by atoms with Gasteiger partial charge in [-0.05, 0) is 25.1 Å². The van der Waals surface area contributed by atoms with Crippen LogP contribution in [0.1, 0.15) is 20.4 Å². The predicted molar refractivity (Wildman–Crippen MR) is 102 cm³/mol. The van der Waals surface area contributed by atoms with E-state index in [4.69, 9.17) is 10.5 Å². The van der Waals surface area contributed by atoms with Crippen molar-refractivity contribution in [3.63, 3.8) is 0 Å². The molecule has 0 aliphatic carbocycles. The average Bonchev–Trinajstić information content (AvgIpc) is 3.19. The molecule has 0 spiro atoms. The first kappa shape index (κ1) is 18.9. The number of primary amides is 1. The SMILES string of the molecule is Cc1ncc(COc2ccc3cn(C)c(C(=O)N[C@@H](CO)C(N)=O)c3c2)s1. The molecule has 0 unspecified atom stereocenters. The molecule has 2 heterocycles. The first-order valence-corrected chi connectivity index (χ1v) is 9.05. The minimum atomic E-state index is -1.14. The maximum absolute atomic E-state index is 12.6.